The predicted molar refractivity (Wildman–Crippen MR) is 203 cm³/mol. The molecule has 0 N–H and O–H groups in total. The first-order valence-corrected chi connectivity index (χ1v) is 16.9. The van der Waals surface area contributed by atoms with Crippen LogP contribution in [0.2, 0.25) is 0 Å². The zero-order valence-corrected chi connectivity index (χ0v) is 27.9. The summed E-state index contributed by atoms with van der Waals surface area (Å²) in [5, 5.41) is 2.47. The molecule has 48 heavy (non-hydrogen) atoms. The molecular formula is C46H38N2. The van der Waals surface area contributed by atoms with Crippen molar-refractivity contribution in [1.82, 2.24) is 0 Å². The number of para-hydroxylation sites is 2. The number of hydrogen-bond donors (Lipinski definition) is 0. The number of hydrogen-bond acceptors (Lipinski definition) is 2. The summed E-state index contributed by atoms with van der Waals surface area (Å²) < 4.78 is 0. The van der Waals surface area contributed by atoms with Crippen molar-refractivity contribution < 1.29 is 0 Å². The van der Waals surface area contributed by atoms with Crippen molar-refractivity contribution >= 4 is 44.9 Å². The molecule has 0 spiro atoms. The Hall–Kier alpha value is -5.60. The minimum absolute atomic E-state index is 0.0925. The Labute approximate surface area is 283 Å². The van der Waals surface area contributed by atoms with Crippen molar-refractivity contribution in [3.8, 4) is 11.1 Å². The van der Waals surface area contributed by atoms with E-state index in [-0.39, 0.29) is 10.8 Å². The maximum Gasteiger partial charge on any atom is 0.0543 e. The largest absolute Gasteiger partial charge is 0.310 e. The molecule has 0 aliphatic carbocycles. The monoisotopic (exact) mass is 618 g/mol. The lowest BCUT2D eigenvalue weighted by molar-refractivity contribution is 0.597. The molecule has 0 saturated heterocycles. The summed E-state index contributed by atoms with van der Waals surface area (Å²) in [4.78, 5) is 4.95. The number of benzene rings is 7. The molecule has 9 rings (SSSR count). The maximum absolute atomic E-state index is 2.53. The van der Waals surface area contributed by atoms with Crippen LogP contribution >= 0.6 is 0 Å². The molecule has 0 aromatic heterocycles. The Morgan fingerprint density at radius 3 is 1.71 bits per heavy atom. The normalized spacial score (nSPS) is 15.0. The van der Waals surface area contributed by atoms with Crippen molar-refractivity contribution in [3.63, 3.8) is 0 Å². The van der Waals surface area contributed by atoms with Gasteiger partial charge in [0.15, 0.2) is 0 Å². The van der Waals surface area contributed by atoms with Gasteiger partial charge in [0.05, 0.1) is 17.1 Å². The SMILES string of the molecule is CC1(C)c2ccccc2N2c3ccc(N(c4ccc(-c5ccccc5)cc4)c4ccc5ccccc5c4)cc3C(C)(C)c3cccc1c32. The number of fused-ring (bicyclic) bond motifs is 5. The molecule has 0 saturated carbocycles. The second-order valence-corrected chi connectivity index (χ2v) is 14.3. The van der Waals surface area contributed by atoms with E-state index in [9.17, 15) is 0 Å². The minimum Gasteiger partial charge on any atom is -0.310 e. The zero-order chi connectivity index (χ0) is 32.6. The van der Waals surface area contributed by atoms with Gasteiger partial charge in [0.2, 0.25) is 0 Å². The van der Waals surface area contributed by atoms with Crippen LogP contribution < -0.4 is 9.80 Å². The molecule has 232 valence electrons. The fraction of sp³-hybridized carbons (Fsp3) is 0.130. The van der Waals surface area contributed by atoms with Gasteiger partial charge in [-0.2, -0.15) is 0 Å². The number of anilines is 6. The molecule has 7 aromatic rings. The highest BCUT2D eigenvalue weighted by Gasteiger charge is 2.45. The van der Waals surface area contributed by atoms with Gasteiger partial charge in [-0.15, -0.1) is 0 Å². The van der Waals surface area contributed by atoms with Gasteiger partial charge in [-0.1, -0.05) is 137 Å². The Kier molecular flexibility index (Phi) is 6.23. The summed E-state index contributed by atoms with van der Waals surface area (Å²) in [6.45, 7) is 9.53. The molecule has 2 aliphatic heterocycles. The topological polar surface area (TPSA) is 6.48 Å². The lowest BCUT2D eigenvalue weighted by atomic mass is 9.66. The summed E-state index contributed by atoms with van der Waals surface area (Å²) >= 11 is 0. The van der Waals surface area contributed by atoms with E-state index in [2.05, 4.69) is 195 Å². The molecule has 0 bridgehead atoms. The average molecular weight is 619 g/mol. The highest BCUT2D eigenvalue weighted by molar-refractivity contribution is 5.95. The third-order valence-electron chi connectivity index (χ3n) is 10.8. The van der Waals surface area contributed by atoms with Crippen molar-refractivity contribution in [1.29, 1.82) is 0 Å². The van der Waals surface area contributed by atoms with Crippen LogP contribution in [0, 0.1) is 0 Å². The summed E-state index contributed by atoms with van der Waals surface area (Å²) in [6, 6.07) is 58.0. The van der Waals surface area contributed by atoms with Gasteiger partial charge < -0.3 is 9.80 Å². The fourth-order valence-corrected chi connectivity index (χ4v) is 8.21. The van der Waals surface area contributed by atoms with Crippen LogP contribution in [0.4, 0.5) is 34.1 Å². The second kappa shape index (κ2) is 10.5. The molecule has 0 unspecified atom stereocenters. The van der Waals surface area contributed by atoms with E-state index in [0.29, 0.717) is 0 Å². The third kappa shape index (κ3) is 4.19. The standard InChI is InChI=1S/C46H38N2/c1-45(2)38-17-10-11-20-42(38)48-43-28-27-37(30-41(43)46(3,4)40-19-12-18-39(45)44(40)48)47(36-26-23-32-15-8-9-16-34(32)29-36)35-24-21-33(22-25-35)31-13-6-5-7-14-31/h5-30H,1-4H3. The second-order valence-electron chi connectivity index (χ2n) is 14.3. The van der Waals surface area contributed by atoms with Gasteiger partial charge >= 0.3 is 0 Å². The van der Waals surface area contributed by atoms with Crippen LogP contribution in [0.5, 0.6) is 0 Å². The molecule has 0 radical (unpaired) electrons. The molecule has 7 aromatic carbocycles. The predicted octanol–water partition coefficient (Wildman–Crippen LogP) is 12.7. The Morgan fingerprint density at radius 2 is 0.938 bits per heavy atom. The van der Waals surface area contributed by atoms with Crippen LogP contribution in [0.25, 0.3) is 21.9 Å². The van der Waals surface area contributed by atoms with Crippen LogP contribution in [0.3, 0.4) is 0 Å². The Bertz CT molecular complexity index is 2350. The quantitative estimate of drug-likeness (QED) is 0.194. The van der Waals surface area contributed by atoms with Gasteiger partial charge in [-0.3, -0.25) is 0 Å². The summed E-state index contributed by atoms with van der Waals surface area (Å²) in [5.74, 6) is 0. The Balaban J connectivity index is 1.25. The smallest absolute Gasteiger partial charge is 0.0543 e. The van der Waals surface area contributed by atoms with E-state index >= 15 is 0 Å². The average Bonchev–Trinajstić information content (AvgIpc) is 3.12. The molecule has 0 fully saturated rings. The number of rotatable bonds is 4. The molecule has 2 nitrogen and oxygen atoms in total. The van der Waals surface area contributed by atoms with Crippen molar-refractivity contribution in [3.05, 3.63) is 180 Å². The van der Waals surface area contributed by atoms with Gasteiger partial charge in [-0.25, -0.2) is 0 Å². The molecule has 2 heterocycles. The van der Waals surface area contributed by atoms with Crippen molar-refractivity contribution in [2.75, 3.05) is 9.80 Å². The van der Waals surface area contributed by atoms with Gasteiger partial charge in [0, 0.05) is 27.9 Å². The molecular weight excluding hydrogens is 581 g/mol. The Morgan fingerprint density at radius 1 is 0.396 bits per heavy atom. The maximum atomic E-state index is 2.53. The van der Waals surface area contributed by atoms with E-state index in [1.807, 2.05) is 0 Å². The first kappa shape index (κ1) is 28.6. The third-order valence-corrected chi connectivity index (χ3v) is 10.8. The summed E-state index contributed by atoms with van der Waals surface area (Å²) in [7, 11) is 0. The first-order valence-electron chi connectivity index (χ1n) is 16.9. The van der Waals surface area contributed by atoms with E-state index in [1.54, 1.807) is 0 Å². The van der Waals surface area contributed by atoms with Crippen molar-refractivity contribution in [2.24, 2.45) is 0 Å². The highest BCUT2D eigenvalue weighted by Crippen LogP contribution is 2.60. The van der Waals surface area contributed by atoms with E-state index < -0.39 is 0 Å². The van der Waals surface area contributed by atoms with Gasteiger partial charge in [0.25, 0.3) is 0 Å². The van der Waals surface area contributed by atoms with Crippen LogP contribution in [0.15, 0.2) is 158 Å². The van der Waals surface area contributed by atoms with Gasteiger partial charge in [0.1, 0.15) is 0 Å². The number of nitrogens with zero attached hydrogens (tertiary/aromatic N) is 2. The molecule has 2 aliphatic rings. The lowest BCUT2D eigenvalue weighted by Crippen LogP contribution is -2.38. The minimum atomic E-state index is -0.207. The summed E-state index contributed by atoms with van der Waals surface area (Å²) in [5.41, 5.74) is 14.9. The summed E-state index contributed by atoms with van der Waals surface area (Å²) in [6.07, 6.45) is 0. The fourth-order valence-electron chi connectivity index (χ4n) is 8.21. The molecule has 0 amide bonds. The van der Waals surface area contributed by atoms with Gasteiger partial charge in [-0.05, 0) is 92.7 Å². The van der Waals surface area contributed by atoms with E-state index in [0.717, 1.165) is 17.1 Å². The van der Waals surface area contributed by atoms with E-state index in [4.69, 9.17) is 0 Å². The first-order chi connectivity index (χ1) is 23.3. The molecule has 0 atom stereocenters. The van der Waals surface area contributed by atoms with Crippen LogP contribution in [-0.2, 0) is 10.8 Å². The van der Waals surface area contributed by atoms with E-state index in [1.165, 1.54) is 61.2 Å². The molecule has 2 heteroatoms. The van der Waals surface area contributed by atoms with Crippen LogP contribution in [0.1, 0.15) is 49.9 Å². The van der Waals surface area contributed by atoms with Crippen molar-refractivity contribution in [2.45, 2.75) is 38.5 Å². The zero-order valence-electron chi connectivity index (χ0n) is 27.9. The van der Waals surface area contributed by atoms with Crippen LogP contribution in [-0.4, -0.2) is 0 Å². The highest BCUT2D eigenvalue weighted by atomic mass is 15.2. The lowest BCUT2D eigenvalue weighted by Gasteiger charge is -2.49.